The van der Waals surface area contributed by atoms with E-state index < -0.39 is 6.10 Å². The normalized spacial score (nSPS) is 11.9. The molecule has 0 fully saturated rings. The van der Waals surface area contributed by atoms with Crippen molar-refractivity contribution in [2.75, 3.05) is 13.2 Å². The van der Waals surface area contributed by atoms with Crippen molar-refractivity contribution >= 4 is 0 Å². The van der Waals surface area contributed by atoms with Gasteiger partial charge in [-0.05, 0) is 18.2 Å². The number of ether oxygens (including phenoxy) is 1. The van der Waals surface area contributed by atoms with Gasteiger partial charge in [-0.1, -0.05) is 12.1 Å². The molecule has 2 rings (SSSR count). The molecule has 2 aromatic rings. The van der Waals surface area contributed by atoms with Gasteiger partial charge < -0.3 is 15.2 Å². The molecular formula is C15H18N4O2. The van der Waals surface area contributed by atoms with Gasteiger partial charge in [-0.3, -0.25) is 4.68 Å². The third-order valence-electron chi connectivity index (χ3n) is 3.05. The molecule has 0 radical (unpaired) electrons. The Bertz CT molecular complexity index is 618. The summed E-state index contributed by atoms with van der Waals surface area (Å²) >= 11 is 0. The Labute approximate surface area is 123 Å². The highest BCUT2D eigenvalue weighted by atomic mass is 16.5. The quantitative estimate of drug-likeness (QED) is 0.787. The van der Waals surface area contributed by atoms with Gasteiger partial charge in [0.05, 0.1) is 11.3 Å². The van der Waals surface area contributed by atoms with Gasteiger partial charge in [0.15, 0.2) is 0 Å². The van der Waals surface area contributed by atoms with E-state index in [1.165, 1.54) is 0 Å². The Kier molecular flexibility index (Phi) is 5.32. The number of aryl methyl sites for hydroxylation is 1. The monoisotopic (exact) mass is 286 g/mol. The molecule has 0 bridgehead atoms. The van der Waals surface area contributed by atoms with Crippen molar-refractivity contribution in [1.29, 1.82) is 5.26 Å². The lowest BCUT2D eigenvalue weighted by Crippen LogP contribution is -2.31. The summed E-state index contributed by atoms with van der Waals surface area (Å²) in [6.45, 7) is 1.17. The fourth-order valence-electron chi connectivity index (χ4n) is 1.87. The first-order valence-electron chi connectivity index (χ1n) is 6.68. The molecule has 1 atom stereocenters. The van der Waals surface area contributed by atoms with Crippen LogP contribution >= 0.6 is 0 Å². The van der Waals surface area contributed by atoms with Crippen LogP contribution in [0.25, 0.3) is 0 Å². The SMILES string of the molecule is Cn1nccc1CNCC(O)COc1ccccc1C#N. The van der Waals surface area contributed by atoms with Crippen LogP contribution in [0.3, 0.4) is 0 Å². The molecule has 110 valence electrons. The van der Waals surface area contributed by atoms with Gasteiger partial charge in [0, 0.05) is 26.3 Å². The van der Waals surface area contributed by atoms with Gasteiger partial charge in [-0.25, -0.2) is 0 Å². The lowest BCUT2D eigenvalue weighted by atomic mass is 10.2. The van der Waals surface area contributed by atoms with Crippen molar-refractivity contribution in [3.8, 4) is 11.8 Å². The summed E-state index contributed by atoms with van der Waals surface area (Å²) in [6, 6.07) is 10.9. The molecular weight excluding hydrogens is 268 g/mol. The minimum atomic E-state index is -0.648. The second-order valence-corrected chi connectivity index (χ2v) is 4.65. The Hall–Kier alpha value is -2.36. The third-order valence-corrected chi connectivity index (χ3v) is 3.05. The van der Waals surface area contributed by atoms with E-state index in [4.69, 9.17) is 10.00 Å². The fraction of sp³-hybridized carbons (Fsp3) is 0.333. The standard InChI is InChI=1S/C15H18N4O2/c1-19-13(6-7-18-19)9-17-10-14(20)11-21-15-5-3-2-4-12(15)8-16/h2-7,14,17,20H,9-11H2,1H3. The number of aliphatic hydroxyl groups is 1. The van der Waals surface area contributed by atoms with Gasteiger partial charge in [-0.2, -0.15) is 10.4 Å². The first kappa shape index (κ1) is 15.0. The number of para-hydroxylation sites is 1. The maximum Gasteiger partial charge on any atom is 0.137 e. The van der Waals surface area contributed by atoms with Crippen LogP contribution in [0.4, 0.5) is 0 Å². The van der Waals surface area contributed by atoms with Crippen molar-refractivity contribution in [2.24, 2.45) is 7.05 Å². The van der Waals surface area contributed by atoms with Crippen LogP contribution in [-0.4, -0.2) is 34.1 Å². The van der Waals surface area contributed by atoms with Gasteiger partial charge in [0.1, 0.15) is 24.5 Å². The Morgan fingerprint density at radius 1 is 1.43 bits per heavy atom. The topological polar surface area (TPSA) is 83.1 Å². The number of nitrogens with zero attached hydrogens (tertiary/aromatic N) is 3. The van der Waals surface area contributed by atoms with Gasteiger partial charge in [0.2, 0.25) is 0 Å². The number of nitriles is 1. The number of rotatable bonds is 7. The minimum Gasteiger partial charge on any atom is -0.489 e. The maximum absolute atomic E-state index is 9.88. The number of nitrogens with one attached hydrogen (secondary N) is 1. The van der Waals surface area contributed by atoms with E-state index in [0.29, 0.717) is 24.4 Å². The van der Waals surface area contributed by atoms with Crippen molar-refractivity contribution < 1.29 is 9.84 Å². The van der Waals surface area contributed by atoms with Crippen molar-refractivity contribution in [2.45, 2.75) is 12.6 Å². The first-order chi connectivity index (χ1) is 10.2. The summed E-state index contributed by atoms with van der Waals surface area (Å²) in [6.07, 6.45) is 1.08. The summed E-state index contributed by atoms with van der Waals surface area (Å²) in [5, 5.41) is 26.0. The van der Waals surface area contributed by atoms with Gasteiger partial charge >= 0.3 is 0 Å². The molecule has 1 heterocycles. The smallest absolute Gasteiger partial charge is 0.137 e. The van der Waals surface area contributed by atoms with E-state index in [9.17, 15) is 5.11 Å². The predicted molar refractivity (Wildman–Crippen MR) is 77.6 cm³/mol. The highest BCUT2D eigenvalue weighted by Crippen LogP contribution is 2.16. The lowest BCUT2D eigenvalue weighted by molar-refractivity contribution is 0.106. The molecule has 6 nitrogen and oxygen atoms in total. The zero-order valence-electron chi connectivity index (χ0n) is 11.9. The fourth-order valence-corrected chi connectivity index (χ4v) is 1.87. The summed E-state index contributed by atoms with van der Waals surface area (Å²) in [5.74, 6) is 0.491. The molecule has 0 aliphatic carbocycles. The van der Waals surface area contributed by atoms with Crippen LogP contribution < -0.4 is 10.1 Å². The minimum absolute atomic E-state index is 0.136. The summed E-state index contributed by atoms with van der Waals surface area (Å²) in [4.78, 5) is 0. The zero-order chi connectivity index (χ0) is 15.1. The number of aliphatic hydroxyl groups excluding tert-OH is 1. The van der Waals surface area contributed by atoms with E-state index in [0.717, 1.165) is 5.69 Å². The largest absolute Gasteiger partial charge is 0.489 e. The van der Waals surface area contributed by atoms with E-state index >= 15 is 0 Å². The van der Waals surface area contributed by atoms with Crippen molar-refractivity contribution in [3.63, 3.8) is 0 Å². The first-order valence-corrected chi connectivity index (χ1v) is 6.68. The van der Waals surface area contributed by atoms with Crippen LogP contribution in [-0.2, 0) is 13.6 Å². The van der Waals surface area contributed by atoms with Crippen LogP contribution in [0.2, 0.25) is 0 Å². The van der Waals surface area contributed by atoms with Crippen LogP contribution in [0.1, 0.15) is 11.3 Å². The summed E-state index contributed by atoms with van der Waals surface area (Å²) in [5.41, 5.74) is 1.51. The molecule has 1 unspecified atom stereocenters. The average molecular weight is 286 g/mol. The second kappa shape index (κ2) is 7.43. The van der Waals surface area contributed by atoms with Gasteiger partial charge in [0.25, 0.3) is 0 Å². The highest BCUT2D eigenvalue weighted by molar-refractivity contribution is 5.42. The highest BCUT2D eigenvalue weighted by Gasteiger charge is 2.08. The number of hydrogen-bond acceptors (Lipinski definition) is 5. The second-order valence-electron chi connectivity index (χ2n) is 4.65. The van der Waals surface area contributed by atoms with Gasteiger partial charge in [-0.15, -0.1) is 0 Å². The van der Waals surface area contributed by atoms with Crippen LogP contribution in [0.5, 0.6) is 5.75 Å². The molecule has 0 aliphatic rings. The average Bonchev–Trinajstić information content (AvgIpc) is 2.91. The Morgan fingerprint density at radius 2 is 2.24 bits per heavy atom. The lowest BCUT2D eigenvalue weighted by Gasteiger charge is -2.14. The number of benzene rings is 1. The summed E-state index contributed by atoms with van der Waals surface area (Å²) in [7, 11) is 1.87. The zero-order valence-corrected chi connectivity index (χ0v) is 11.9. The van der Waals surface area contributed by atoms with Crippen molar-refractivity contribution in [1.82, 2.24) is 15.1 Å². The Balaban J connectivity index is 1.74. The molecule has 1 aromatic carbocycles. The molecule has 0 aliphatic heterocycles. The molecule has 21 heavy (non-hydrogen) atoms. The van der Waals surface area contributed by atoms with E-state index in [1.54, 1.807) is 35.1 Å². The molecule has 1 aromatic heterocycles. The van der Waals surface area contributed by atoms with Crippen LogP contribution in [0.15, 0.2) is 36.5 Å². The molecule has 2 N–H and O–H groups in total. The van der Waals surface area contributed by atoms with E-state index in [1.807, 2.05) is 13.1 Å². The summed E-state index contributed by atoms with van der Waals surface area (Å²) < 4.78 is 7.25. The van der Waals surface area contributed by atoms with E-state index in [2.05, 4.69) is 16.5 Å². The number of aromatic nitrogens is 2. The molecule has 6 heteroatoms. The number of hydrogen-bond donors (Lipinski definition) is 2. The molecule has 0 amide bonds. The Morgan fingerprint density at radius 3 is 2.95 bits per heavy atom. The third kappa shape index (κ3) is 4.31. The molecule has 0 saturated heterocycles. The maximum atomic E-state index is 9.88. The molecule has 0 spiro atoms. The molecule has 0 saturated carbocycles. The van der Waals surface area contributed by atoms with Crippen molar-refractivity contribution in [3.05, 3.63) is 47.8 Å². The van der Waals surface area contributed by atoms with Crippen LogP contribution in [0, 0.1) is 11.3 Å². The predicted octanol–water partition coefficient (Wildman–Crippen LogP) is 0.821. The van der Waals surface area contributed by atoms with E-state index in [-0.39, 0.29) is 6.61 Å².